The van der Waals surface area contributed by atoms with Crippen LogP contribution >= 0.6 is 0 Å². The molecule has 1 aromatic carbocycles. The van der Waals surface area contributed by atoms with Gasteiger partial charge >= 0.3 is 0 Å². The topological polar surface area (TPSA) is 98.6 Å². The van der Waals surface area contributed by atoms with E-state index in [1.54, 1.807) is 32.3 Å². The van der Waals surface area contributed by atoms with Crippen molar-refractivity contribution in [3.05, 3.63) is 36.2 Å². The standard InChI is InChI=1S/C18H25N3O5S2/c1-4-26-17-6-5-16(13-14(17)2)28(24,25)21-10-7-15(8-11-21)27(22,23)18-19-9-12-20(18)3/h5-6,9,12-13,15H,4,7-8,10-11H2,1-3H3. The van der Waals surface area contributed by atoms with E-state index in [1.165, 1.54) is 21.1 Å². The summed E-state index contributed by atoms with van der Waals surface area (Å²) in [7, 11) is -5.64. The van der Waals surface area contributed by atoms with Gasteiger partial charge in [-0.2, -0.15) is 4.31 Å². The van der Waals surface area contributed by atoms with Gasteiger partial charge in [0.25, 0.3) is 0 Å². The molecule has 3 rings (SSSR count). The van der Waals surface area contributed by atoms with Crippen LogP contribution in [0.4, 0.5) is 0 Å². The van der Waals surface area contributed by atoms with Gasteiger partial charge in [-0.1, -0.05) is 0 Å². The molecule has 154 valence electrons. The van der Waals surface area contributed by atoms with Crippen molar-refractivity contribution in [1.29, 1.82) is 0 Å². The van der Waals surface area contributed by atoms with E-state index >= 15 is 0 Å². The molecule has 0 atom stereocenters. The monoisotopic (exact) mass is 427 g/mol. The highest BCUT2D eigenvalue weighted by Gasteiger charge is 2.37. The number of sulfonamides is 1. The van der Waals surface area contributed by atoms with E-state index in [4.69, 9.17) is 4.74 Å². The third-order valence-corrected chi connectivity index (χ3v) is 9.10. The van der Waals surface area contributed by atoms with Crippen molar-refractivity contribution >= 4 is 19.9 Å². The lowest BCUT2D eigenvalue weighted by atomic mass is 10.2. The Hall–Kier alpha value is -1.91. The van der Waals surface area contributed by atoms with Gasteiger partial charge in [-0.15, -0.1) is 0 Å². The number of hydrogen-bond acceptors (Lipinski definition) is 6. The number of nitrogens with zero attached hydrogens (tertiary/aromatic N) is 3. The van der Waals surface area contributed by atoms with Gasteiger partial charge in [0, 0.05) is 32.5 Å². The Labute approximate surface area is 166 Å². The lowest BCUT2D eigenvalue weighted by Gasteiger charge is -2.30. The minimum Gasteiger partial charge on any atom is -0.494 e. The fraction of sp³-hybridized carbons (Fsp3) is 0.500. The van der Waals surface area contributed by atoms with Gasteiger partial charge in [-0.25, -0.2) is 21.8 Å². The highest BCUT2D eigenvalue weighted by molar-refractivity contribution is 7.92. The summed E-state index contributed by atoms with van der Waals surface area (Å²) < 4.78 is 59.8. The molecule has 2 aromatic rings. The molecule has 0 radical (unpaired) electrons. The van der Waals surface area contributed by atoms with Crippen molar-refractivity contribution < 1.29 is 21.6 Å². The number of benzene rings is 1. The van der Waals surface area contributed by atoms with Crippen LogP contribution in [-0.2, 0) is 26.9 Å². The largest absolute Gasteiger partial charge is 0.494 e. The third-order valence-electron chi connectivity index (χ3n) is 4.96. The lowest BCUT2D eigenvalue weighted by molar-refractivity contribution is 0.337. The van der Waals surface area contributed by atoms with E-state index in [0.29, 0.717) is 12.4 Å². The molecule has 1 fully saturated rings. The van der Waals surface area contributed by atoms with E-state index in [9.17, 15) is 16.8 Å². The molecule has 28 heavy (non-hydrogen) atoms. The first-order valence-corrected chi connectivity index (χ1v) is 12.1. The van der Waals surface area contributed by atoms with Crippen LogP contribution in [0.1, 0.15) is 25.3 Å². The van der Waals surface area contributed by atoms with E-state index < -0.39 is 25.1 Å². The second-order valence-electron chi connectivity index (χ2n) is 6.83. The molecular formula is C18H25N3O5S2. The number of piperidine rings is 1. The highest BCUT2D eigenvalue weighted by Crippen LogP contribution is 2.29. The van der Waals surface area contributed by atoms with Crippen LogP contribution in [0.5, 0.6) is 5.75 Å². The second-order valence-corrected chi connectivity index (χ2v) is 10.9. The molecule has 0 N–H and O–H groups in total. The molecule has 1 saturated heterocycles. The van der Waals surface area contributed by atoms with Crippen LogP contribution in [0.25, 0.3) is 0 Å². The van der Waals surface area contributed by atoms with Gasteiger partial charge in [-0.3, -0.25) is 0 Å². The number of sulfone groups is 1. The predicted molar refractivity (Wildman–Crippen MR) is 105 cm³/mol. The fourth-order valence-electron chi connectivity index (χ4n) is 3.41. The van der Waals surface area contributed by atoms with Gasteiger partial charge in [0.05, 0.1) is 16.8 Å². The second kappa shape index (κ2) is 7.84. The van der Waals surface area contributed by atoms with Crippen LogP contribution in [0.2, 0.25) is 0 Å². The van der Waals surface area contributed by atoms with E-state index in [1.807, 2.05) is 6.92 Å². The van der Waals surface area contributed by atoms with Crippen LogP contribution in [0, 0.1) is 6.92 Å². The Kier molecular flexibility index (Phi) is 5.83. The molecule has 1 aliphatic rings. The first-order chi connectivity index (χ1) is 13.2. The smallest absolute Gasteiger partial charge is 0.243 e. The van der Waals surface area contributed by atoms with Crippen molar-refractivity contribution in [2.45, 2.75) is 42.0 Å². The number of rotatable bonds is 6. The van der Waals surface area contributed by atoms with Gasteiger partial charge < -0.3 is 9.30 Å². The molecule has 2 heterocycles. The van der Waals surface area contributed by atoms with E-state index in [0.717, 1.165) is 5.56 Å². The minimum absolute atomic E-state index is 0.0240. The summed E-state index contributed by atoms with van der Waals surface area (Å²) in [6.07, 6.45) is 3.51. The minimum atomic E-state index is -3.69. The fourth-order valence-corrected chi connectivity index (χ4v) is 6.76. The first kappa shape index (κ1) is 20.8. The zero-order valence-corrected chi connectivity index (χ0v) is 17.8. The number of aromatic nitrogens is 2. The van der Waals surface area contributed by atoms with Crippen LogP contribution in [0.3, 0.4) is 0 Å². The lowest BCUT2D eigenvalue weighted by Crippen LogP contribution is -2.42. The van der Waals surface area contributed by atoms with Gasteiger partial charge in [0.1, 0.15) is 5.75 Å². The summed E-state index contributed by atoms with van der Waals surface area (Å²) in [5, 5.41) is -0.613. The highest BCUT2D eigenvalue weighted by atomic mass is 32.2. The van der Waals surface area contributed by atoms with Crippen molar-refractivity contribution in [3.8, 4) is 5.75 Å². The van der Waals surface area contributed by atoms with Crippen molar-refractivity contribution in [2.75, 3.05) is 19.7 Å². The summed E-state index contributed by atoms with van der Waals surface area (Å²) in [4.78, 5) is 4.14. The number of imidazole rings is 1. The summed E-state index contributed by atoms with van der Waals surface area (Å²) >= 11 is 0. The summed E-state index contributed by atoms with van der Waals surface area (Å²) in [5.41, 5.74) is 0.746. The molecule has 0 saturated carbocycles. The Balaban J connectivity index is 1.75. The molecule has 0 bridgehead atoms. The molecule has 8 nitrogen and oxygen atoms in total. The van der Waals surface area contributed by atoms with E-state index in [-0.39, 0.29) is 36.0 Å². The third kappa shape index (κ3) is 3.81. The quantitative estimate of drug-likeness (QED) is 0.697. The molecule has 0 unspecified atom stereocenters. The Morgan fingerprint density at radius 1 is 1.18 bits per heavy atom. The molecule has 0 amide bonds. The van der Waals surface area contributed by atoms with Crippen LogP contribution in [0.15, 0.2) is 40.6 Å². The van der Waals surface area contributed by atoms with E-state index in [2.05, 4.69) is 4.98 Å². The predicted octanol–water partition coefficient (Wildman–Crippen LogP) is 1.75. The summed E-state index contributed by atoms with van der Waals surface area (Å²) in [5.74, 6) is 0.654. The van der Waals surface area contributed by atoms with Crippen molar-refractivity contribution in [1.82, 2.24) is 13.9 Å². The average molecular weight is 428 g/mol. The molecule has 1 aromatic heterocycles. The maximum Gasteiger partial charge on any atom is 0.243 e. The maximum absolute atomic E-state index is 13.0. The molecule has 10 heteroatoms. The van der Waals surface area contributed by atoms with Gasteiger partial charge in [-0.05, 0) is 50.5 Å². The zero-order valence-electron chi connectivity index (χ0n) is 16.2. The molecular weight excluding hydrogens is 402 g/mol. The Morgan fingerprint density at radius 2 is 1.86 bits per heavy atom. The Morgan fingerprint density at radius 3 is 2.39 bits per heavy atom. The first-order valence-electron chi connectivity index (χ1n) is 9.12. The average Bonchev–Trinajstić information content (AvgIpc) is 3.10. The molecule has 1 aliphatic heterocycles. The number of ether oxygens (including phenoxy) is 1. The van der Waals surface area contributed by atoms with Gasteiger partial charge in [0.2, 0.25) is 25.0 Å². The van der Waals surface area contributed by atoms with Crippen molar-refractivity contribution in [2.24, 2.45) is 7.05 Å². The summed E-state index contributed by atoms with van der Waals surface area (Å²) in [6, 6.07) is 4.78. The normalized spacial score (nSPS) is 17.0. The number of aryl methyl sites for hydroxylation is 2. The molecule has 0 spiro atoms. The Bertz CT molecular complexity index is 1050. The maximum atomic E-state index is 13.0. The van der Waals surface area contributed by atoms with Gasteiger partial charge in [0.15, 0.2) is 0 Å². The SMILES string of the molecule is CCOc1ccc(S(=O)(=O)N2CCC(S(=O)(=O)c3nccn3C)CC2)cc1C. The number of hydrogen-bond donors (Lipinski definition) is 0. The van der Waals surface area contributed by atoms with Crippen LogP contribution in [-0.4, -0.2) is 55.6 Å². The summed E-state index contributed by atoms with van der Waals surface area (Å²) in [6.45, 7) is 4.49. The molecule has 0 aliphatic carbocycles. The zero-order chi connectivity index (χ0) is 20.5. The van der Waals surface area contributed by atoms with Crippen LogP contribution < -0.4 is 4.74 Å². The van der Waals surface area contributed by atoms with Crippen molar-refractivity contribution in [3.63, 3.8) is 0 Å².